The lowest BCUT2D eigenvalue weighted by molar-refractivity contribution is -0.270. The lowest BCUT2D eigenvalue weighted by atomic mass is 9.94. The van der Waals surface area contributed by atoms with Gasteiger partial charge in [-0.05, 0) is 64.2 Å². The Hall–Kier alpha value is -1.94. The maximum absolute atomic E-state index is 12.8. The van der Waals surface area contributed by atoms with Crippen LogP contribution < -0.4 is 16.0 Å². The van der Waals surface area contributed by atoms with Gasteiger partial charge in [0.05, 0.1) is 78.8 Å². The molecule has 560 valence electrons. The third-order valence-electron chi connectivity index (χ3n) is 15.2. The first kappa shape index (κ1) is 87.3. The van der Waals surface area contributed by atoms with Gasteiger partial charge < -0.3 is 124 Å². The van der Waals surface area contributed by atoms with Gasteiger partial charge in [-0.15, -0.1) is 0 Å². The fourth-order valence-electron chi connectivity index (χ4n) is 10.1. The molecule has 35 nitrogen and oxygen atoms in total. The molecular formula is C57H110N3O32P3. The number of aliphatic hydroxyl groups is 9. The summed E-state index contributed by atoms with van der Waals surface area (Å²) < 4.78 is 115. The zero-order chi connectivity index (χ0) is 70.5. The van der Waals surface area contributed by atoms with E-state index in [-0.39, 0.29) is 111 Å². The van der Waals surface area contributed by atoms with Gasteiger partial charge in [0.25, 0.3) is 0 Å². The first-order valence-electron chi connectivity index (χ1n) is 32.6. The number of hydrogen-bond donors (Lipinski definition) is 15. The number of rotatable bonds is 54. The second-order valence-electron chi connectivity index (χ2n) is 24.0. The van der Waals surface area contributed by atoms with Crippen molar-refractivity contribution in [1.29, 1.82) is 0 Å². The van der Waals surface area contributed by atoms with Gasteiger partial charge in [0.15, 0.2) is 18.9 Å². The van der Waals surface area contributed by atoms with Crippen molar-refractivity contribution in [1.82, 2.24) is 16.0 Å². The van der Waals surface area contributed by atoms with Gasteiger partial charge in [-0.25, -0.2) is 9.13 Å². The monoisotopic (exact) mass is 1440 g/mol. The minimum absolute atomic E-state index is 0.0411. The van der Waals surface area contributed by atoms with Gasteiger partial charge in [0.1, 0.15) is 73.1 Å². The van der Waals surface area contributed by atoms with Crippen LogP contribution in [0.15, 0.2) is 0 Å². The molecule has 3 aliphatic heterocycles. The molecule has 0 aromatic carbocycles. The van der Waals surface area contributed by atoms with E-state index in [9.17, 15) is 88.7 Å². The summed E-state index contributed by atoms with van der Waals surface area (Å²) in [6.45, 7) is 4.60. The number of ether oxygens (including phenoxy) is 9. The molecule has 0 radical (unpaired) electrons. The van der Waals surface area contributed by atoms with Crippen molar-refractivity contribution < 1.29 is 154 Å². The Morgan fingerprint density at radius 2 is 0.642 bits per heavy atom. The molecule has 3 rings (SSSR count). The van der Waals surface area contributed by atoms with E-state index in [1.165, 1.54) is 20.8 Å². The largest absolute Gasteiger partial charge is 0.472 e. The van der Waals surface area contributed by atoms with E-state index < -0.39 is 158 Å². The molecule has 0 aliphatic carbocycles. The topological polar surface area (TPSA) is 510 Å². The molecule has 3 aliphatic rings. The van der Waals surface area contributed by atoms with E-state index in [2.05, 4.69) is 16.0 Å². The maximum atomic E-state index is 12.8. The van der Waals surface area contributed by atoms with Gasteiger partial charge in [-0.3, -0.25) is 37.0 Å². The van der Waals surface area contributed by atoms with Crippen molar-refractivity contribution >= 4 is 41.0 Å². The van der Waals surface area contributed by atoms with Gasteiger partial charge in [0.2, 0.25) is 17.7 Å². The van der Waals surface area contributed by atoms with Gasteiger partial charge >= 0.3 is 23.2 Å². The zero-order valence-corrected chi connectivity index (χ0v) is 57.8. The first-order valence-corrected chi connectivity index (χ1v) is 37.3. The average Bonchev–Trinajstić information content (AvgIpc) is 0.828. The number of hydrogen-bond acceptors (Lipinski definition) is 29. The van der Waals surface area contributed by atoms with Crippen LogP contribution in [0.5, 0.6) is 0 Å². The molecule has 0 spiro atoms. The van der Waals surface area contributed by atoms with Crippen LogP contribution in [0.1, 0.15) is 130 Å². The second kappa shape index (κ2) is 47.3. The molecule has 9 unspecified atom stereocenters. The summed E-state index contributed by atoms with van der Waals surface area (Å²) in [5, 5.41) is 97.9. The van der Waals surface area contributed by atoms with Crippen molar-refractivity contribution in [2.24, 2.45) is 5.41 Å². The summed E-state index contributed by atoms with van der Waals surface area (Å²) in [5.41, 5.74) is -0.762. The van der Waals surface area contributed by atoms with E-state index in [1.807, 2.05) is 6.92 Å². The minimum atomic E-state index is -4.40. The molecule has 18 atom stereocenters. The first-order chi connectivity index (χ1) is 45.1. The summed E-state index contributed by atoms with van der Waals surface area (Å²) in [7, 11) is -12.7. The van der Waals surface area contributed by atoms with E-state index in [1.54, 1.807) is 0 Å². The van der Waals surface area contributed by atoms with Crippen molar-refractivity contribution in [2.45, 2.75) is 222 Å². The molecule has 0 saturated carbocycles. The molecule has 95 heavy (non-hydrogen) atoms. The highest BCUT2D eigenvalue weighted by molar-refractivity contribution is 7.52. The maximum Gasteiger partial charge on any atom is 0.472 e. The predicted molar refractivity (Wildman–Crippen MR) is 332 cm³/mol. The molecule has 3 heterocycles. The molecule has 38 heteroatoms. The van der Waals surface area contributed by atoms with Gasteiger partial charge in [0, 0.05) is 65.8 Å². The number of nitrogens with one attached hydrogen (secondary N) is 3. The van der Waals surface area contributed by atoms with Gasteiger partial charge in [-0.2, -0.15) is 0 Å². The predicted octanol–water partition coefficient (Wildman–Crippen LogP) is -0.366. The van der Waals surface area contributed by atoms with Crippen LogP contribution in [0, 0.1) is 5.41 Å². The Labute approximate surface area is 555 Å². The van der Waals surface area contributed by atoms with Crippen LogP contribution in [0.25, 0.3) is 0 Å². The van der Waals surface area contributed by atoms with Crippen LogP contribution in [0.2, 0.25) is 0 Å². The smallest absolute Gasteiger partial charge is 0.394 e. The molecule has 0 aromatic heterocycles. The highest BCUT2D eigenvalue weighted by Gasteiger charge is 2.48. The Balaban J connectivity index is 1.36. The van der Waals surface area contributed by atoms with E-state index in [0.717, 1.165) is 0 Å². The Morgan fingerprint density at radius 1 is 0.379 bits per heavy atom. The molecule has 0 bridgehead atoms. The molecular weight excluding hydrogens is 1330 g/mol. The highest BCUT2D eigenvalue weighted by atomic mass is 31.2. The van der Waals surface area contributed by atoms with Crippen LogP contribution in [-0.4, -0.2) is 289 Å². The molecule has 3 saturated heterocycles. The summed E-state index contributed by atoms with van der Waals surface area (Å²) in [4.78, 5) is 66.0. The van der Waals surface area contributed by atoms with E-state index in [4.69, 9.17) is 65.3 Å². The summed E-state index contributed by atoms with van der Waals surface area (Å²) >= 11 is 0. The number of phosphoric ester groups is 2. The van der Waals surface area contributed by atoms with Crippen molar-refractivity contribution in [3.63, 3.8) is 0 Å². The normalized spacial score (nSPS) is 29.0. The number of phosphoric acid groups is 2. The lowest BCUT2D eigenvalue weighted by Crippen LogP contribution is -2.64. The van der Waals surface area contributed by atoms with Crippen molar-refractivity contribution in [3.05, 3.63) is 0 Å². The van der Waals surface area contributed by atoms with Crippen LogP contribution in [0.3, 0.4) is 0 Å². The standard InChI is InChI=1S/C57H110N3O32P3/c1-39(64)58-45-51(70)48(67)42(33-61)90-54(45)82-24-11-5-8-14-27-85-93(73,74)32-18-17-21-79-36-57(4,37-80-22-19-30-88-94(75,76)86-28-15-9-6-12-25-83-55-46(59-40(2)65)52(71)49(68)43(34-62)91-55)38-81-23-20-31-89-95(77,78)87-29-16-10-7-13-26-84-56-47(60-41(3)66)53(72)50(69)44(35-63)92-56/h42-56,61-63,67-72H,5-38H2,1-4H3,(H,58,64)(H,59,65)(H,60,66)(H,73,74)(H,75,76)(H,77,78)/t42?,43?,44?,45-,46-,47-,48-,49-,50-,51?,52?,53?,54+,55+,56+,57?/m0/s1. The number of aliphatic hydroxyl groups excluding tert-OH is 9. The Kier molecular flexibility index (Phi) is 43.4. The summed E-state index contributed by atoms with van der Waals surface area (Å²) in [6, 6.07) is -3.17. The minimum Gasteiger partial charge on any atom is -0.394 e. The Morgan fingerprint density at radius 3 is 0.937 bits per heavy atom. The molecule has 15 N–H and O–H groups in total. The fraction of sp³-hybridized carbons (Fsp3) is 0.947. The number of carbonyl (C=O) groups is 3. The molecule has 0 aromatic rings. The van der Waals surface area contributed by atoms with E-state index in [0.29, 0.717) is 89.9 Å². The number of carbonyl (C=O) groups excluding carboxylic acids is 3. The number of unbranched alkanes of at least 4 members (excludes halogenated alkanes) is 10. The highest BCUT2D eigenvalue weighted by Crippen LogP contribution is 2.45. The summed E-state index contributed by atoms with van der Waals surface area (Å²) in [5.74, 6) is -1.42. The van der Waals surface area contributed by atoms with Crippen molar-refractivity contribution in [2.75, 3.05) is 118 Å². The average molecular weight is 1440 g/mol. The third-order valence-corrected chi connectivity index (χ3v) is 18.7. The molecule has 3 fully saturated rings. The molecule has 3 amide bonds. The van der Waals surface area contributed by atoms with Crippen LogP contribution in [0.4, 0.5) is 0 Å². The Bertz CT molecular complexity index is 2020. The van der Waals surface area contributed by atoms with Crippen LogP contribution in [-0.2, 0) is 93.3 Å². The fourth-order valence-corrected chi connectivity index (χ4v) is 12.8. The number of amides is 3. The summed E-state index contributed by atoms with van der Waals surface area (Å²) in [6.07, 6.45) is -7.63. The third kappa shape index (κ3) is 35.5. The zero-order valence-electron chi connectivity index (χ0n) is 55.1. The quantitative estimate of drug-likeness (QED) is 0.0273. The van der Waals surface area contributed by atoms with Crippen molar-refractivity contribution in [3.8, 4) is 0 Å². The van der Waals surface area contributed by atoms with Crippen LogP contribution >= 0.6 is 23.2 Å². The van der Waals surface area contributed by atoms with E-state index >= 15 is 0 Å². The SMILES string of the molecule is CC(=O)N[C@H]1C(O)[C@@H](O)C(CO)O[C@H]1OCCCCCCOP(=O)(O)CCCCOCC(C)(COCCCOP(=O)(O)OCCCCCCO[C@@H]1OC(CO)[C@H](O)C(O)[C@@H]1NC(C)=O)COCCCOP(=O)(O)OCCCCCCO[C@@H]1OC(CO)[C@H](O)C(O)[C@@H]1NC(C)=O. The second-order valence-corrected chi connectivity index (χ2v) is 28.9. The van der Waals surface area contributed by atoms with Gasteiger partial charge in [-0.1, -0.05) is 45.4 Å². The lowest BCUT2D eigenvalue weighted by Gasteiger charge is -2.42.